The lowest BCUT2D eigenvalue weighted by Gasteiger charge is -2.14. The van der Waals surface area contributed by atoms with Crippen molar-refractivity contribution in [1.82, 2.24) is 10.0 Å². The van der Waals surface area contributed by atoms with Gasteiger partial charge in [-0.15, -0.1) is 11.3 Å². The molecular weight excluding hydrogens is 392 g/mol. The molecule has 27 heavy (non-hydrogen) atoms. The predicted molar refractivity (Wildman–Crippen MR) is 100 cm³/mol. The Bertz CT molecular complexity index is 910. The zero-order valence-corrected chi connectivity index (χ0v) is 16.6. The summed E-state index contributed by atoms with van der Waals surface area (Å²) in [5.41, 5.74) is -0.0115. The van der Waals surface area contributed by atoms with E-state index in [0.29, 0.717) is 6.54 Å². The van der Waals surface area contributed by atoms with Crippen LogP contribution < -0.4 is 14.8 Å². The molecular formula is C17H20N2O6S2. The maximum absolute atomic E-state index is 12.3. The summed E-state index contributed by atoms with van der Waals surface area (Å²) in [6.07, 6.45) is -1.04. The highest BCUT2D eigenvalue weighted by Crippen LogP contribution is 2.25. The van der Waals surface area contributed by atoms with Gasteiger partial charge in [0.05, 0.1) is 19.2 Å². The van der Waals surface area contributed by atoms with Crippen molar-refractivity contribution in [2.45, 2.75) is 24.5 Å². The summed E-state index contributed by atoms with van der Waals surface area (Å²) < 4.78 is 36.5. The van der Waals surface area contributed by atoms with E-state index in [2.05, 4.69) is 10.0 Å². The SMILES string of the molecule is CNS(=O)(=O)c1cc(C(=O)O[C@H](C)C(=O)NCc2cccs2)ccc1OC. The quantitative estimate of drug-likeness (QED) is 0.636. The summed E-state index contributed by atoms with van der Waals surface area (Å²) in [7, 11) is -1.27. The van der Waals surface area contributed by atoms with Gasteiger partial charge in [0.15, 0.2) is 6.10 Å². The Kier molecular flexibility index (Phi) is 6.94. The van der Waals surface area contributed by atoms with Crippen LogP contribution in [0.2, 0.25) is 0 Å². The third-order valence-electron chi connectivity index (χ3n) is 3.63. The van der Waals surface area contributed by atoms with Crippen molar-refractivity contribution in [2.24, 2.45) is 0 Å². The van der Waals surface area contributed by atoms with Gasteiger partial charge in [0.2, 0.25) is 10.0 Å². The lowest BCUT2D eigenvalue weighted by Crippen LogP contribution is -2.35. The lowest BCUT2D eigenvalue weighted by molar-refractivity contribution is -0.129. The van der Waals surface area contributed by atoms with Crippen LogP contribution in [0.15, 0.2) is 40.6 Å². The zero-order valence-electron chi connectivity index (χ0n) is 15.0. The van der Waals surface area contributed by atoms with Crippen molar-refractivity contribution >= 4 is 33.2 Å². The van der Waals surface area contributed by atoms with Crippen molar-refractivity contribution in [3.05, 3.63) is 46.2 Å². The molecule has 8 nitrogen and oxygen atoms in total. The van der Waals surface area contributed by atoms with Crippen LogP contribution in [-0.2, 0) is 26.1 Å². The van der Waals surface area contributed by atoms with Crippen molar-refractivity contribution in [2.75, 3.05) is 14.2 Å². The van der Waals surface area contributed by atoms with Gasteiger partial charge in [-0.25, -0.2) is 17.9 Å². The Labute approximate surface area is 161 Å². The molecule has 0 aliphatic carbocycles. The largest absolute Gasteiger partial charge is 0.495 e. The van der Waals surface area contributed by atoms with E-state index < -0.39 is 28.0 Å². The van der Waals surface area contributed by atoms with Crippen LogP contribution in [0.1, 0.15) is 22.2 Å². The Morgan fingerprint density at radius 3 is 2.59 bits per heavy atom. The number of hydrogen-bond donors (Lipinski definition) is 2. The number of nitrogens with one attached hydrogen (secondary N) is 2. The lowest BCUT2D eigenvalue weighted by atomic mass is 10.2. The van der Waals surface area contributed by atoms with E-state index >= 15 is 0 Å². The molecule has 0 saturated heterocycles. The van der Waals surface area contributed by atoms with Crippen molar-refractivity contribution in [1.29, 1.82) is 0 Å². The standard InChI is InChI=1S/C17H20N2O6S2/c1-11(16(20)19-10-13-5-4-8-26-13)25-17(21)12-6-7-14(24-3)15(9-12)27(22,23)18-2/h4-9,11,18H,10H2,1-3H3,(H,19,20)/t11-/m1/s1. The molecule has 0 fully saturated rings. The van der Waals surface area contributed by atoms with E-state index in [4.69, 9.17) is 9.47 Å². The van der Waals surface area contributed by atoms with Crippen LogP contribution in [0.5, 0.6) is 5.75 Å². The number of ether oxygens (including phenoxy) is 2. The summed E-state index contributed by atoms with van der Waals surface area (Å²) in [5, 5.41) is 4.57. The number of carbonyl (C=O) groups excluding carboxylic acids is 2. The van der Waals surface area contributed by atoms with Gasteiger partial charge in [-0.05, 0) is 43.6 Å². The monoisotopic (exact) mass is 412 g/mol. The van der Waals surface area contributed by atoms with E-state index in [0.717, 1.165) is 10.9 Å². The highest BCUT2D eigenvalue weighted by molar-refractivity contribution is 7.89. The predicted octanol–water partition coefficient (Wildman–Crippen LogP) is 1.53. The fraction of sp³-hybridized carbons (Fsp3) is 0.294. The molecule has 146 valence electrons. The molecule has 2 rings (SSSR count). The summed E-state index contributed by atoms with van der Waals surface area (Å²) in [6.45, 7) is 1.78. The first-order valence-electron chi connectivity index (χ1n) is 7.91. The Morgan fingerprint density at radius 2 is 2.00 bits per heavy atom. The number of methoxy groups -OCH3 is 1. The fourth-order valence-corrected chi connectivity index (χ4v) is 3.70. The highest BCUT2D eigenvalue weighted by Gasteiger charge is 2.23. The topological polar surface area (TPSA) is 111 Å². The van der Waals surface area contributed by atoms with E-state index in [1.165, 1.54) is 44.6 Å². The molecule has 2 N–H and O–H groups in total. The number of thiophene rings is 1. The maximum Gasteiger partial charge on any atom is 0.338 e. The summed E-state index contributed by atoms with van der Waals surface area (Å²) in [4.78, 5) is 25.1. The van der Waals surface area contributed by atoms with Gasteiger partial charge in [-0.3, -0.25) is 4.79 Å². The van der Waals surface area contributed by atoms with Crippen LogP contribution in [0, 0.1) is 0 Å². The number of benzene rings is 1. The van der Waals surface area contributed by atoms with Crippen LogP contribution in [-0.4, -0.2) is 40.6 Å². The van der Waals surface area contributed by atoms with Crippen molar-refractivity contribution < 1.29 is 27.5 Å². The van der Waals surface area contributed by atoms with Gasteiger partial charge in [-0.2, -0.15) is 0 Å². The van der Waals surface area contributed by atoms with Gasteiger partial charge in [0.25, 0.3) is 5.91 Å². The minimum atomic E-state index is -3.84. The minimum absolute atomic E-state index is 0.0115. The summed E-state index contributed by atoms with van der Waals surface area (Å²) in [5.74, 6) is -1.18. The smallest absolute Gasteiger partial charge is 0.338 e. The third kappa shape index (κ3) is 5.28. The molecule has 0 unspecified atom stereocenters. The molecule has 10 heteroatoms. The van der Waals surface area contributed by atoms with E-state index in [1.54, 1.807) is 0 Å². The van der Waals surface area contributed by atoms with Crippen molar-refractivity contribution in [3.63, 3.8) is 0 Å². The molecule has 0 aliphatic rings. The molecule has 0 aliphatic heterocycles. The highest BCUT2D eigenvalue weighted by atomic mass is 32.2. The van der Waals surface area contributed by atoms with Gasteiger partial charge in [0, 0.05) is 4.88 Å². The summed E-state index contributed by atoms with van der Waals surface area (Å²) >= 11 is 1.50. The number of amides is 1. The molecule has 1 amide bonds. The maximum atomic E-state index is 12.3. The Hall–Kier alpha value is -2.43. The number of hydrogen-bond acceptors (Lipinski definition) is 7. The average molecular weight is 412 g/mol. The number of rotatable bonds is 8. The first kappa shape index (κ1) is 20.9. The van der Waals surface area contributed by atoms with Gasteiger partial charge in [0.1, 0.15) is 10.6 Å². The number of esters is 1. The Morgan fingerprint density at radius 1 is 1.26 bits per heavy atom. The second-order valence-electron chi connectivity index (χ2n) is 5.42. The summed E-state index contributed by atoms with van der Waals surface area (Å²) in [6, 6.07) is 7.61. The molecule has 1 aromatic carbocycles. The third-order valence-corrected chi connectivity index (χ3v) is 5.94. The minimum Gasteiger partial charge on any atom is -0.495 e. The molecule has 1 atom stereocenters. The van der Waals surface area contributed by atoms with Crippen molar-refractivity contribution in [3.8, 4) is 5.75 Å². The molecule has 0 saturated carbocycles. The normalized spacial score (nSPS) is 12.3. The fourth-order valence-electron chi connectivity index (χ4n) is 2.14. The van der Waals surface area contributed by atoms with E-state index in [-0.39, 0.29) is 16.2 Å². The van der Waals surface area contributed by atoms with Gasteiger partial charge < -0.3 is 14.8 Å². The second-order valence-corrected chi connectivity index (χ2v) is 8.31. The molecule has 2 aromatic rings. The van der Waals surface area contributed by atoms with Crippen LogP contribution in [0.25, 0.3) is 0 Å². The Balaban J connectivity index is 2.08. The molecule has 1 heterocycles. The van der Waals surface area contributed by atoms with E-state index in [1.807, 2.05) is 17.5 Å². The molecule has 0 radical (unpaired) electrons. The average Bonchev–Trinajstić information content (AvgIpc) is 3.18. The second kappa shape index (κ2) is 8.98. The van der Waals surface area contributed by atoms with Crippen LogP contribution >= 0.6 is 11.3 Å². The van der Waals surface area contributed by atoms with Crippen LogP contribution in [0.4, 0.5) is 0 Å². The van der Waals surface area contributed by atoms with Gasteiger partial charge >= 0.3 is 5.97 Å². The van der Waals surface area contributed by atoms with Gasteiger partial charge in [-0.1, -0.05) is 6.07 Å². The molecule has 0 spiro atoms. The molecule has 0 bridgehead atoms. The van der Waals surface area contributed by atoms with Crippen LogP contribution in [0.3, 0.4) is 0 Å². The first-order valence-corrected chi connectivity index (χ1v) is 10.3. The number of sulfonamides is 1. The molecule has 1 aromatic heterocycles. The first-order chi connectivity index (χ1) is 12.8. The number of carbonyl (C=O) groups is 2. The van der Waals surface area contributed by atoms with E-state index in [9.17, 15) is 18.0 Å². The zero-order chi connectivity index (χ0) is 20.0.